The summed E-state index contributed by atoms with van der Waals surface area (Å²) < 4.78 is 15.5. The molecule has 0 aliphatic heterocycles. The maximum Gasteiger partial charge on any atom is 0.310 e. The molecule has 1 aromatic rings. The number of nitrogens with zero attached hydrogens (tertiary/aromatic N) is 1. The van der Waals surface area contributed by atoms with Crippen LogP contribution < -0.4 is 0 Å². The normalized spacial score (nSPS) is 22.6. The molecule has 1 aromatic carbocycles. The fourth-order valence-electron chi connectivity index (χ4n) is 4.16. The summed E-state index contributed by atoms with van der Waals surface area (Å²) in [6, 6.07) is 6.44. The second kappa shape index (κ2) is 16.5. The van der Waals surface area contributed by atoms with E-state index in [0.717, 1.165) is 10.5 Å². The molecule has 10 nitrogen and oxygen atoms in total. The van der Waals surface area contributed by atoms with Crippen molar-refractivity contribution in [2.45, 2.75) is 89.2 Å². The van der Waals surface area contributed by atoms with Crippen LogP contribution in [0.1, 0.15) is 59.4 Å². The Morgan fingerprint density at radius 2 is 1.63 bits per heavy atom. The first kappa shape index (κ1) is 33.5. The molecule has 38 heavy (non-hydrogen) atoms. The summed E-state index contributed by atoms with van der Waals surface area (Å²) in [5.74, 6) is -3.59. The third kappa shape index (κ3) is 10.3. The van der Waals surface area contributed by atoms with Gasteiger partial charge in [0.1, 0.15) is 5.92 Å². The molecule has 1 aliphatic rings. The highest BCUT2D eigenvalue weighted by Crippen LogP contribution is 2.44. The van der Waals surface area contributed by atoms with E-state index in [1.54, 1.807) is 6.92 Å². The van der Waals surface area contributed by atoms with Crippen molar-refractivity contribution in [3.63, 3.8) is 0 Å². The smallest absolute Gasteiger partial charge is 0.310 e. The third-order valence-electron chi connectivity index (χ3n) is 5.95. The molecular formula is C26H36ClNO9S. The lowest BCUT2D eigenvalue weighted by molar-refractivity contribution is -0.536. The van der Waals surface area contributed by atoms with Crippen molar-refractivity contribution in [3.8, 4) is 0 Å². The van der Waals surface area contributed by atoms with Gasteiger partial charge >= 0.3 is 17.9 Å². The maximum absolute atomic E-state index is 12.8. The second-order valence-corrected chi connectivity index (χ2v) is 10.4. The number of ether oxygens (including phenoxy) is 3. The minimum Gasteiger partial charge on any atom is -0.466 e. The van der Waals surface area contributed by atoms with E-state index in [9.17, 15) is 29.3 Å². The van der Waals surface area contributed by atoms with E-state index in [4.69, 9.17) is 21.1 Å². The molecule has 0 amide bonds. The van der Waals surface area contributed by atoms with Crippen LogP contribution in [-0.2, 0) is 33.4 Å². The van der Waals surface area contributed by atoms with Crippen LogP contribution in [0.2, 0.25) is 0 Å². The van der Waals surface area contributed by atoms with E-state index in [2.05, 4.69) is 4.74 Å². The Hall–Kier alpha value is -2.50. The van der Waals surface area contributed by atoms with Gasteiger partial charge in [-0.15, -0.1) is 11.8 Å². The standard InChI is InChI=1S/C22H30ClNO6S.C4H6O3/c1-5-14(6-2)30-19-18(21(23)25)17(24(27)28)12-16(22(26)29-7-3)20(19)31-15-10-8-13(4)9-11-15;1-3(5)7-4(2)6/h8-11,14,16-20H,5-7,12H2,1-4H3;1-2H3/t16-,17+,18-,19+,20-;/m1./s1. The molecule has 2 rings (SSSR count). The van der Waals surface area contributed by atoms with Crippen molar-refractivity contribution in [1.29, 1.82) is 0 Å². The highest BCUT2D eigenvalue weighted by Gasteiger charge is 2.56. The average Bonchev–Trinajstić information content (AvgIpc) is 2.83. The van der Waals surface area contributed by atoms with E-state index in [-0.39, 0.29) is 19.1 Å². The summed E-state index contributed by atoms with van der Waals surface area (Å²) >= 11 is 7.27. The molecule has 0 saturated heterocycles. The molecule has 0 spiro atoms. The zero-order valence-corrected chi connectivity index (χ0v) is 24.1. The molecule has 0 radical (unpaired) electrons. The Kier molecular flexibility index (Phi) is 14.5. The Morgan fingerprint density at radius 1 is 1.08 bits per heavy atom. The van der Waals surface area contributed by atoms with Gasteiger partial charge in [-0.25, -0.2) is 0 Å². The largest absolute Gasteiger partial charge is 0.466 e. The SMILES string of the molecule is CC(=O)OC(C)=O.CCOC(=O)[C@@H]1C[C@H]([N+](=O)[O-])[C@@H](C(=O)Cl)[C@H](OC(CC)CC)[C@@H]1Sc1ccc(C)cc1. The van der Waals surface area contributed by atoms with Crippen LogP contribution >= 0.6 is 23.4 Å². The minimum atomic E-state index is -1.31. The highest BCUT2D eigenvalue weighted by molar-refractivity contribution is 8.00. The first-order valence-electron chi connectivity index (χ1n) is 12.4. The van der Waals surface area contributed by atoms with E-state index >= 15 is 0 Å². The zero-order valence-electron chi connectivity index (χ0n) is 22.5. The summed E-state index contributed by atoms with van der Waals surface area (Å²) in [7, 11) is 0. The monoisotopic (exact) mass is 573 g/mol. The van der Waals surface area contributed by atoms with Crippen molar-refractivity contribution in [2.75, 3.05) is 6.61 Å². The number of esters is 3. The van der Waals surface area contributed by atoms with E-state index < -0.39 is 57.3 Å². The van der Waals surface area contributed by atoms with Gasteiger partial charge < -0.3 is 14.2 Å². The molecule has 0 aromatic heterocycles. The predicted molar refractivity (Wildman–Crippen MR) is 142 cm³/mol. The van der Waals surface area contributed by atoms with Gasteiger partial charge in [-0.3, -0.25) is 29.3 Å². The van der Waals surface area contributed by atoms with Crippen LogP contribution in [0, 0.1) is 28.9 Å². The molecule has 0 bridgehead atoms. The molecular weight excluding hydrogens is 538 g/mol. The summed E-state index contributed by atoms with van der Waals surface area (Å²) in [6.07, 6.45) is 0.121. The van der Waals surface area contributed by atoms with Crippen molar-refractivity contribution in [3.05, 3.63) is 39.9 Å². The van der Waals surface area contributed by atoms with Crippen LogP contribution in [-0.4, -0.2) is 58.2 Å². The maximum atomic E-state index is 12.8. The minimum absolute atomic E-state index is 0.124. The highest BCUT2D eigenvalue weighted by atomic mass is 35.5. The third-order valence-corrected chi connectivity index (χ3v) is 7.61. The van der Waals surface area contributed by atoms with Gasteiger partial charge in [0.25, 0.3) is 0 Å². The summed E-state index contributed by atoms with van der Waals surface area (Å²) in [6.45, 7) is 10.1. The van der Waals surface area contributed by atoms with Gasteiger partial charge in [0.15, 0.2) is 0 Å². The average molecular weight is 574 g/mol. The molecule has 12 heteroatoms. The molecule has 0 N–H and O–H groups in total. The Morgan fingerprint density at radius 3 is 2.03 bits per heavy atom. The molecule has 5 atom stereocenters. The lowest BCUT2D eigenvalue weighted by Crippen LogP contribution is -2.57. The molecule has 1 saturated carbocycles. The van der Waals surface area contributed by atoms with Crippen molar-refractivity contribution in [2.24, 2.45) is 11.8 Å². The summed E-state index contributed by atoms with van der Waals surface area (Å²) in [4.78, 5) is 57.0. The number of carbonyl (C=O) groups excluding carboxylic acids is 4. The van der Waals surface area contributed by atoms with Crippen molar-refractivity contribution < 1.29 is 38.3 Å². The number of halogens is 1. The van der Waals surface area contributed by atoms with E-state index in [0.29, 0.717) is 12.8 Å². The number of rotatable bonds is 10. The van der Waals surface area contributed by atoms with Gasteiger partial charge in [0.2, 0.25) is 11.3 Å². The Balaban J connectivity index is 0.000000905. The number of thioether (sulfide) groups is 1. The van der Waals surface area contributed by atoms with Crippen molar-refractivity contribution >= 4 is 46.5 Å². The van der Waals surface area contributed by atoms with E-state index in [1.807, 2.05) is 45.0 Å². The van der Waals surface area contributed by atoms with E-state index in [1.165, 1.54) is 25.6 Å². The van der Waals surface area contributed by atoms with Crippen LogP contribution in [0.25, 0.3) is 0 Å². The summed E-state index contributed by atoms with van der Waals surface area (Å²) in [5.41, 5.74) is 1.09. The molecule has 1 fully saturated rings. The quantitative estimate of drug-likeness (QED) is 0.127. The lowest BCUT2D eigenvalue weighted by Gasteiger charge is -2.42. The molecule has 0 unspecified atom stereocenters. The van der Waals surface area contributed by atoms with Crippen LogP contribution in [0.15, 0.2) is 29.2 Å². The number of carbonyl (C=O) groups is 4. The van der Waals surface area contributed by atoms with Crippen molar-refractivity contribution in [1.82, 2.24) is 0 Å². The second-order valence-electron chi connectivity index (χ2n) is 8.80. The fraction of sp³-hybridized carbons (Fsp3) is 0.615. The topological polar surface area (TPSA) is 139 Å². The fourth-order valence-corrected chi connectivity index (χ4v) is 5.79. The first-order valence-corrected chi connectivity index (χ1v) is 13.7. The zero-order chi connectivity index (χ0) is 29.0. The molecule has 1 aliphatic carbocycles. The number of hydrogen-bond acceptors (Lipinski definition) is 10. The Labute approximate surface area is 232 Å². The van der Waals surface area contributed by atoms with Gasteiger partial charge in [-0.2, -0.15) is 0 Å². The summed E-state index contributed by atoms with van der Waals surface area (Å²) in [5, 5.41) is 10.5. The number of hydrogen-bond donors (Lipinski definition) is 0. The van der Waals surface area contributed by atoms with Crippen LogP contribution in [0.5, 0.6) is 0 Å². The van der Waals surface area contributed by atoms with Gasteiger partial charge in [0, 0.05) is 30.1 Å². The van der Waals surface area contributed by atoms with Gasteiger partial charge in [0.05, 0.1) is 30.0 Å². The van der Waals surface area contributed by atoms with Gasteiger partial charge in [-0.05, 0) is 50.4 Å². The number of nitro groups is 1. The molecule has 0 heterocycles. The number of aryl methyl sites for hydroxylation is 1. The van der Waals surface area contributed by atoms with Crippen LogP contribution in [0.4, 0.5) is 0 Å². The predicted octanol–water partition coefficient (Wildman–Crippen LogP) is 4.74. The van der Waals surface area contributed by atoms with Gasteiger partial charge in [-0.1, -0.05) is 31.5 Å². The number of benzene rings is 1. The molecule has 212 valence electrons. The Bertz CT molecular complexity index is 956. The first-order chi connectivity index (χ1) is 17.9. The van der Waals surface area contributed by atoms with Crippen LogP contribution in [0.3, 0.4) is 0 Å². The lowest BCUT2D eigenvalue weighted by atomic mass is 9.76.